The lowest BCUT2D eigenvalue weighted by molar-refractivity contribution is 0.0599. The molecule has 0 aliphatic carbocycles. The van der Waals surface area contributed by atoms with Gasteiger partial charge in [-0.2, -0.15) is 5.10 Å². The Kier molecular flexibility index (Phi) is 6.36. The fraction of sp³-hybridized carbons (Fsp3) is 0.148. The third-order valence-corrected chi connectivity index (χ3v) is 5.62. The van der Waals surface area contributed by atoms with Gasteiger partial charge < -0.3 is 10.1 Å². The summed E-state index contributed by atoms with van der Waals surface area (Å²) in [5.41, 5.74) is 6.20. The summed E-state index contributed by atoms with van der Waals surface area (Å²) in [7, 11) is 1.36. The maximum absolute atomic E-state index is 12.9. The van der Waals surface area contributed by atoms with E-state index in [0.717, 1.165) is 22.4 Å². The molecule has 0 fully saturated rings. The van der Waals surface area contributed by atoms with Gasteiger partial charge in [-0.15, -0.1) is 0 Å². The van der Waals surface area contributed by atoms with Gasteiger partial charge >= 0.3 is 5.97 Å². The van der Waals surface area contributed by atoms with Gasteiger partial charge in [0.2, 0.25) is 0 Å². The smallest absolute Gasteiger partial charge is 0.338 e. The summed E-state index contributed by atoms with van der Waals surface area (Å²) >= 11 is 0. The van der Waals surface area contributed by atoms with Crippen molar-refractivity contribution in [2.45, 2.75) is 20.4 Å². The number of hydrogen-bond donors (Lipinski definition) is 1. The van der Waals surface area contributed by atoms with Crippen LogP contribution >= 0.6 is 0 Å². The first-order valence-corrected chi connectivity index (χ1v) is 10.6. The summed E-state index contributed by atoms with van der Waals surface area (Å²) in [4.78, 5) is 25.0. The zero-order valence-corrected chi connectivity index (χ0v) is 18.8. The maximum Gasteiger partial charge on any atom is 0.338 e. The molecule has 0 spiro atoms. The average molecular weight is 440 g/mol. The molecule has 1 heterocycles. The standard InChI is InChI=1S/C27H25N3O3/c1-18-25(19(2)30(29-18)17-23-11-7-8-12-24(23)27(32)33-3)28-26(31)22-15-13-21(14-16-22)20-9-5-4-6-10-20/h4-16H,17H2,1-3H3,(H,28,31). The third kappa shape index (κ3) is 4.70. The molecule has 3 aromatic carbocycles. The summed E-state index contributed by atoms with van der Waals surface area (Å²) in [6.07, 6.45) is 0. The first-order chi connectivity index (χ1) is 16.0. The second kappa shape index (κ2) is 9.53. The van der Waals surface area contributed by atoms with E-state index in [1.807, 2.05) is 80.6 Å². The Labute approximate surface area is 192 Å². The third-order valence-electron chi connectivity index (χ3n) is 5.62. The van der Waals surface area contributed by atoms with Crippen LogP contribution in [-0.4, -0.2) is 28.8 Å². The summed E-state index contributed by atoms with van der Waals surface area (Å²) in [5.74, 6) is -0.588. The summed E-state index contributed by atoms with van der Waals surface area (Å²) in [5, 5.41) is 7.58. The van der Waals surface area contributed by atoms with Gasteiger partial charge in [0.25, 0.3) is 5.91 Å². The van der Waals surface area contributed by atoms with Gasteiger partial charge in [0.1, 0.15) is 0 Å². The summed E-state index contributed by atoms with van der Waals surface area (Å²) in [6, 6.07) is 24.8. The van der Waals surface area contributed by atoms with Crippen molar-refractivity contribution >= 4 is 17.6 Å². The Morgan fingerprint density at radius 2 is 1.52 bits per heavy atom. The Balaban J connectivity index is 1.53. The normalized spacial score (nSPS) is 10.6. The highest BCUT2D eigenvalue weighted by atomic mass is 16.5. The molecule has 1 amide bonds. The first kappa shape index (κ1) is 22.0. The molecule has 0 atom stereocenters. The number of methoxy groups -OCH3 is 1. The number of rotatable bonds is 6. The summed E-state index contributed by atoms with van der Waals surface area (Å²) < 4.78 is 6.67. The van der Waals surface area contributed by atoms with Gasteiger partial charge in [0.05, 0.1) is 36.3 Å². The molecular weight excluding hydrogens is 414 g/mol. The van der Waals surface area contributed by atoms with Gasteiger partial charge in [-0.1, -0.05) is 60.7 Å². The number of benzene rings is 3. The Morgan fingerprint density at radius 3 is 2.21 bits per heavy atom. The summed E-state index contributed by atoms with van der Waals surface area (Å²) in [6.45, 7) is 4.14. The fourth-order valence-electron chi connectivity index (χ4n) is 3.79. The van der Waals surface area contributed by atoms with E-state index in [4.69, 9.17) is 4.74 Å². The molecule has 33 heavy (non-hydrogen) atoms. The lowest BCUT2D eigenvalue weighted by Gasteiger charge is -2.10. The molecule has 0 saturated heterocycles. The molecule has 0 radical (unpaired) electrons. The number of nitrogens with zero attached hydrogens (tertiary/aromatic N) is 2. The fourth-order valence-corrected chi connectivity index (χ4v) is 3.79. The van der Waals surface area contributed by atoms with Crippen molar-refractivity contribution in [3.8, 4) is 11.1 Å². The average Bonchev–Trinajstić information content (AvgIpc) is 3.11. The van der Waals surface area contributed by atoms with Gasteiger partial charge in [-0.05, 0) is 48.7 Å². The first-order valence-electron chi connectivity index (χ1n) is 10.6. The van der Waals surface area contributed by atoms with E-state index < -0.39 is 0 Å². The molecule has 0 bridgehead atoms. The Bertz CT molecular complexity index is 1290. The number of aryl methyl sites for hydroxylation is 1. The molecule has 0 saturated carbocycles. The highest BCUT2D eigenvalue weighted by molar-refractivity contribution is 6.05. The maximum atomic E-state index is 12.9. The van der Waals surface area contributed by atoms with Crippen LogP contribution in [0.4, 0.5) is 5.69 Å². The van der Waals surface area contributed by atoms with Gasteiger partial charge in [0.15, 0.2) is 0 Å². The molecule has 4 rings (SSSR count). The second-order valence-corrected chi connectivity index (χ2v) is 7.75. The van der Waals surface area contributed by atoms with E-state index in [9.17, 15) is 9.59 Å². The molecule has 0 unspecified atom stereocenters. The van der Waals surface area contributed by atoms with E-state index in [-0.39, 0.29) is 11.9 Å². The number of hydrogen-bond acceptors (Lipinski definition) is 4. The van der Waals surface area contributed by atoms with Crippen LogP contribution in [0.2, 0.25) is 0 Å². The largest absolute Gasteiger partial charge is 0.465 e. The molecule has 0 aliphatic rings. The number of anilines is 1. The lowest BCUT2D eigenvalue weighted by Crippen LogP contribution is -2.14. The molecular formula is C27H25N3O3. The number of ether oxygens (including phenoxy) is 1. The van der Waals surface area contributed by atoms with Crippen molar-refractivity contribution in [1.29, 1.82) is 0 Å². The van der Waals surface area contributed by atoms with Gasteiger partial charge in [-0.25, -0.2) is 4.79 Å². The van der Waals surface area contributed by atoms with Crippen LogP contribution in [0, 0.1) is 13.8 Å². The molecule has 0 aliphatic heterocycles. The second-order valence-electron chi connectivity index (χ2n) is 7.75. The minimum atomic E-state index is -0.389. The Morgan fingerprint density at radius 1 is 0.879 bits per heavy atom. The molecule has 6 nitrogen and oxygen atoms in total. The molecule has 6 heteroatoms. The highest BCUT2D eigenvalue weighted by Crippen LogP contribution is 2.24. The van der Waals surface area contributed by atoms with Crippen molar-refractivity contribution < 1.29 is 14.3 Å². The number of amides is 1. The van der Waals surface area contributed by atoms with E-state index in [1.165, 1.54) is 7.11 Å². The van der Waals surface area contributed by atoms with E-state index in [2.05, 4.69) is 10.4 Å². The number of carbonyl (C=O) groups is 2. The van der Waals surface area contributed by atoms with Crippen LogP contribution < -0.4 is 5.32 Å². The zero-order valence-electron chi connectivity index (χ0n) is 18.8. The quantitative estimate of drug-likeness (QED) is 0.416. The lowest BCUT2D eigenvalue weighted by atomic mass is 10.0. The van der Waals surface area contributed by atoms with Gasteiger partial charge in [0, 0.05) is 5.56 Å². The number of aromatic nitrogens is 2. The van der Waals surface area contributed by atoms with Crippen LogP contribution in [0.3, 0.4) is 0 Å². The predicted molar refractivity (Wildman–Crippen MR) is 128 cm³/mol. The molecule has 1 aromatic heterocycles. The highest BCUT2D eigenvalue weighted by Gasteiger charge is 2.18. The van der Waals surface area contributed by atoms with E-state index >= 15 is 0 Å². The van der Waals surface area contributed by atoms with Crippen molar-refractivity contribution in [3.05, 3.63) is 107 Å². The van der Waals surface area contributed by atoms with Gasteiger partial charge in [-0.3, -0.25) is 9.48 Å². The van der Waals surface area contributed by atoms with Crippen molar-refractivity contribution in [1.82, 2.24) is 9.78 Å². The van der Waals surface area contributed by atoms with Crippen LogP contribution in [-0.2, 0) is 11.3 Å². The van der Waals surface area contributed by atoms with Crippen LogP contribution in [0.25, 0.3) is 11.1 Å². The molecule has 4 aromatic rings. The van der Waals surface area contributed by atoms with Crippen molar-refractivity contribution in [2.24, 2.45) is 0 Å². The van der Waals surface area contributed by atoms with E-state index in [0.29, 0.717) is 29.1 Å². The number of nitrogens with one attached hydrogen (secondary N) is 1. The SMILES string of the molecule is COC(=O)c1ccccc1Cn1nc(C)c(NC(=O)c2ccc(-c3ccccc3)cc2)c1C. The Hall–Kier alpha value is -4.19. The van der Waals surface area contributed by atoms with Crippen LogP contribution in [0.15, 0.2) is 78.9 Å². The minimum Gasteiger partial charge on any atom is -0.465 e. The number of esters is 1. The molecule has 166 valence electrons. The zero-order chi connectivity index (χ0) is 23.4. The topological polar surface area (TPSA) is 73.2 Å². The molecule has 1 N–H and O–H groups in total. The monoisotopic (exact) mass is 439 g/mol. The number of carbonyl (C=O) groups excluding carboxylic acids is 2. The van der Waals surface area contributed by atoms with Crippen molar-refractivity contribution in [2.75, 3.05) is 12.4 Å². The van der Waals surface area contributed by atoms with E-state index in [1.54, 1.807) is 16.8 Å². The van der Waals surface area contributed by atoms with Crippen LogP contribution in [0.1, 0.15) is 37.7 Å². The predicted octanol–water partition coefficient (Wildman–Crippen LogP) is 5.25. The van der Waals surface area contributed by atoms with Crippen LogP contribution in [0.5, 0.6) is 0 Å². The minimum absolute atomic E-state index is 0.199. The van der Waals surface area contributed by atoms with Crippen molar-refractivity contribution in [3.63, 3.8) is 0 Å².